The van der Waals surface area contributed by atoms with Gasteiger partial charge in [-0.05, 0) is 48.1 Å². The van der Waals surface area contributed by atoms with Gasteiger partial charge in [0.1, 0.15) is 6.61 Å². The molecule has 1 heterocycles. The number of benzene rings is 2. The summed E-state index contributed by atoms with van der Waals surface area (Å²) in [6, 6.07) is 17.5. The Morgan fingerprint density at radius 1 is 1.03 bits per heavy atom. The molecule has 3 aromatic rings. The summed E-state index contributed by atoms with van der Waals surface area (Å²) < 4.78 is 5.56. The molecule has 0 bridgehead atoms. The summed E-state index contributed by atoms with van der Waals surface area (Å²) >= 11 is 0. The number of hydrogen-bond donors (Lipinski definition) is 3. The Morgan fingerprint density at radius 2 is 1.69 bits per heavy atom. The van der Waals surface area contributed by atoms with E-state index in [1.807, 2.05) is 31.2 Å². The quantitative estimate of drug-likeness (QED) is 0.410. The first-order valence-corrected chi connectivity index (χ1v) is 11.5. The number of nitrogens with one attached hydrogen (secondary N) is 2. The molecule has 0 saturated heterocycles. The fourth-order valence-electron chi connectivity index (χ4n) is 4.33. The number of anilines is 1. The van der Waals surface area contributed by atoms with Crippen LogP contribution in [0.2, 0.25) is 0 Å². The molecule has 4 rings (SSSR count). The van der Waals surface area contributed by atoms with Gasteiger partial charge in [-0.25, -0.2) is 9.59 Å². The Hall–Kier alpha value is -4.20. The number of carbonyl (C=O) groups excluding carboxylic acids is 2. The maximum Gasteiger partial charge on any atom is 0.407 e. The standard InChI is InChI=1S/C27H27N3O5/c1-17(7-6-12-25(31)30-19-13-18(26(32)33)14-28-15-19)29-27(34)35-16-24-22-10-4-2-8-20(22)21-9-3-5-11-23(21)24/h2-5,8-11,13-15,17,24H,6-7,12,16H2,1H3,(H,29,34)(H,30,31)(H,32,33). The van der Waals surface area contributed by atoms with Crippen LogP contribution in [0.15, 0.2) is 67.0 Å². The van der Waals surface area contributed by atoms with Gasteiger partial charge in [-0.3, -0.25) is 9.78 Å². The van der Waals surface area contributed by atoms with Crippen molar-refractivity contribution in [3.63, 3.8) is 0 Å². The van der Waals surface area contributed by atoms with E-state index >= 15 is 0 Å². The van der Waals surface area contributed by atoms with E-state index in [0.29, 0.717) is 18.5 Å². The molecule has 0 spiro atoms. The minimum absolute atomic E-state index is 0.00118. The van der Waals surface area contributed by atoms with Gasteiger partial charge in [-0.2, -0.15) is 0 Å². The summed E-state index contributed by atoms with van der Waals surface area (Å²) in [6.45, 7) is 2.11. The van der Waals surface area contributed by atoms with Crippen LogP contribution in [0.25, 0.3) is 11.1 Å². The van der Waals surface area contributed by atoms with Crippen LogP contribution in [-0.2, 0) is 9.53 Å². The number of nitrogens with zero attached hydrogens (tertiary/aromatic N) is 1. The summed E-state index contributed by atoms with van der Waals surface area (Å²) in [4.78, 5) is 39.4. The van der Waals surface area contributed by atoms with Crippen LogP contribution in [0.5, 0.6) is 0 Å². The van der Waals surface area contributed by atoms with E-state index in [1.54, 1.807) is 0 Å². The Morgan fingerprint density at radius 3 is 2.34 bits per heavy atom. The average Bonchev–Trinajstić information content (AvgIpc) is 3.16. The SMILES string of the molecule is CC(CCCC(=O)Nc1cncc(C(=O)O)c1)NC(=O)OCC1c2ccccc2-c2ccccc21. The molecule has 35 heavy (non-hydrogen) atoms. The van der Waals surface area contributed by atoms with Gasteiger partial charge in [0.15, 0.2) is 0 Å². The highest BCUT2D eigenvalue weighted by molar-refractivity contribution is 5.93. The third-order valence-corrected chi connectivity index (χ3v) is 6.02. The van der Waals surface area contributed by atoms with Gasteiger partial charge < -0.3 is 20.5 Å². The number of alkyl carbamates (subject to hydrolysis) is 1. The normalized spacial score (nSPS) is 12.8. The fraction of sp³-hybridized carbons (Fsp3) is 0.259. The predicted molar refractivity (Wildman–Crippen MR) is 131 cm³/mol. The van der Waals surface area contributed by atoms with Gasteiger partial charge >= 0.3 is 12.1 Å². The van der Waals surface area contributed by atoms with Crippen LogP contribution in [0.3, 0.4) is 0 Å². The number of carboxylic acid groups (broad SMARTS) is 1. The van der Waals surface area contributed by atoms with E-state index in [2.05, 4.69) is 39.9 Å². The second-order valence-corrected chi connectivity index (χ2v) is 8.58. The van der Waals surface area contributed by atoms with Gasteiger partial charge in [0.2, 0.25) is 5.91 Å². The van der Waals surface area contributed by atoms with Crippen molar-refractivity contribution in [3.05, 3.63) is 83.7 Å². The molecule has 0 radical (unpaired) electrons. The molecule has 1 unspecified atom stereocenters. The number of aromatic carboxylic acids is 1. The number of carboxylic acids is 1. The second-order valence-electron chi connectivity index (χ2n) is 8.58. The molecule has 180 valence electrons. The third kappa shape index (κ3) is 5.84. The molecule has 2 amide bonds. The molecule has 0 fully saturated rings. The molecule has 1 aliphatic carbocycles. The summed E-state index contributed by atoms with van der Waals surface area (Å²) in [7, 11) is 0. The highest BCUT2D eigenvalue weighted by atomic mass is 16.5. The molecule has 3 N–H and O–H groups in total. The summed E-state index contributed by atoms with van der Waals surface area (Å²) in [6.07, 6.45) is 3.49. The van der Waals surface area contributed by atoms with Gasteiger partial charge in [-0.1, -0.05) is 48.5 Å². The molecule has 2 aromatic carbocycles. The molecule has 8 heteroatoms. The van der Waals surface area contributed by atoms with Gasteiger partial charge in [0.25, 0.3) is 0 Å². The van der Waals surface area contributed by atoms with Crippen molar-refractivity contribution in [2.75, 3.05) is 11.9 Å². The molecule has 1 atom stereocenters. The number of pyridine rings is 1. The van der Waals surface area contributed by atoms with E-state index in [1.165, 1.54) is 29.6 Å². The Labute approximate surface area is 203 Å². The van der Waals surface area contributed by atoms with Crippen molar-refractivity contribution in [2.45, 2.75) is 38.1 Å². The van der Waals surface area contributed by atoms with Crippen LogP contribution in [0, 0.1) is 0 Å². The Bertz CT molecular complexity index is 1200. The van der Waals surface area contributed by atoms with Crippen molar-refractivity contribution >= 4 is 23.7 Å². The number of fused-ring (bicyclic) bond motifs is 3. The predicted octanol–water partition coefficient (Wildman–Crippen LogP) is 4.82. The monoisotopic (exact) mass is 473 g/mol. The molecular formula is C27H27N3O5. The zero-order chi connectivity index (χ0) is 24.8. The van der Waals surface area contributed by atoms with Crippen molar-refractivity contribution in [1.82, 2.24) is 10.3 Å². The number of ether oxygens (including phenoxy) is 1. The van der Waals surface area contributed by atoms with Gasteiger partial charge in [-0.15, -0.1) is 0 Å². The molecule has 1 aliphatic rings. The number of amides is 2. The Kier molecular flexibility index (Phi) is 7.40. The minimum atomic E-state index is -1.11. The van der Waals surface area contributed by atoms with Crippen LogP contribution < -0.4 is 10.6 Å². The number of hydrogen-bond acceptors (Lipinski definition) is 5. The van der Waals surface area contributed by atoms with Gasteiger partial charge in [0, 0.05) is 24.6 Å². The maximum atomic E-state index is 12.4. The molecule has 8 nitrogen and oxygen atoms in total. The first-order chi connectivity index (χ1) is 16.9. The van der Waals surface area contributed by atoms with E-state index < -0.39 is 12.1 Å². The van der Waals surface area contributed by atoms with Crippen molar-refractivity contribution in [2.24, 2.45) is 0 Å². The lowest BCUT2D eigenvalue weighted by molar-refractivity contribution is -0.116. The van der Waals surface area contributed by atoms with Crippen LogP contribution in [0.4, 0.5) is 10.5 Å². The van der Waals surface area contributed by atoms with E-state index in [9.17, 15) is 14.4 Å². The first kappa shape index (κ1) is 23.9. The van der Waals surface area contributed by atoms with Crippen molar-refractivity contribution < 1.29 is 24.2 Å². The second kappa shape index (κ2) is 10.8. The van der Waals surface area contributed by atoms with Crippen molar-refractivity contribution in [3.8, 4) is 11.1 Å². The molecule has 1 aromatic heterocycles. The lowest BCUT2D eigenvalue weighted by atomic mass is 9.98. The maximum absolute atomic E-state index is 12.4. The number of carbonyl (C=O) groups is 3. The summed E-state index contributed by atoms with van der Waals surface area (Å²) in [5.74, 6) is -1.36. The lowest BCUT2D eigenvalue weighted by Gasteiger charge is -2.17. The molecule has 0 saturated carbocycles. The summed E-state index contributed by atoms with van der Waals surface area (Å²) in [5.41, 5.74) is 5.00. The molecule has 0 aliphatic heterocycles. The van der Waals surface area contributed by atoms with Gasteiger partial charge in [0.05, 0.1) is 17.4 Å². The third-order valence-electron chi connectivity index (χ3n) is 6.02. The first-order valence-electron chi connectivity index (χ1n) is 11.5. The molecular weight excluding hydrogens is 446 g/mol. The lowest BCUT2D eigenvalue weighted by Crippen LogP contribution is -2.34. The number of rotatable bonds is 9. The van der Waals surface area contributed by atoms with Crippen LogP contribution in [0.1, 0.15) is 53.6 Å². The van der Waals surface area contributed by atoms with E-state index in [-0.39, 0.29) is 36.5 Å². The fourth-order valence-corrected chi connectivity index (χ4v) is 4.33. The zero-order valence-electron chi connectivity index (χ0n) is 19.4. The zero-order valence-corrected chi connectivity index (χ0v) is 19.4. The van der Waals surface area contributed by atoms with Crippen molar-refractivity contribution in [1.29, 1.82) is 0 Å². The average molecular weight is 474 g/mol. The minimum Gasteiger partial charge on any atom is -0.478 e. The smallest absolute Gasteiger partial charge is 0.407 e. The summed E-state index contributed by atoms with van der Waals surface area (Å²) in [5, 5.41) is 14.5. The van der Waals surface area contributed by atoms with Crippen LogP contribution in [-0.4, -0.2) is 40.7 Å². The van der Waals surface area contributed by atoms with E-state index in [0.717, 1.165) is 11.1 Å². The largest absolute Gasteiger partial charge is 0.478 e. The Balaban J connectivity index is 1.21. The van der Waals surface area contributed by atoms with Crippen LogP contribution >= 0.6 is 0 Å². The van der Waals surface area contributed by atoms with E-state index in [4.69, 9.17) is 9.84 Å². The topological polar surface area (TPSA) is 118 Å². The highest BCUT2D eigenvalue weighted by Gasteiger charge is 2.29. The number of aromatic nitrogens is 1. The highest BCUT2D eigenvalue weighted by Crippen LogP contribution is 2.44.